The van der Waals surface area contributed by atoms with E-state index in [0.717, 1.165) is 0 Å². The van der Waals surface area contributed by atoms with Crippen LogP contribution in [0.3, 0.4) is 0 Å². The molecule has 0 saturated heterocycles. The molecular formula is C11H12O3. The van der Waals surface area contributed by atoms with E-state index >= 15 is 0 Å². The van der Waals surface area contributed by atoms with E-state index in [9.17, 15) is 4.79 Å². The molecule has 0 fully saturated rings. The highest BCUT2D eigenvalue weighted by Crippen LogP contribution is 2.10. The summed E-state index contributed by atoms with van der Waals surface area (Å²) in [6.45, 7) is 1.91. The van der Waals surface area contributed by atoms with Crippen molar-refractivity contribution in [3.63, 3.8) is 0 Å². The summed E-state index contributed by atoms with van der Waals surface area (Å²) in [6, 6.07) is 2.95. The predicted octanol–water partition coefficient (Wildman–Crippen LogP) is 2.24. The van der Waals surface area contributed by atoms with Gasteiger partial charge in [0.25, 0.3) is 0 Å². The van der Waals surface area contributed by atoms with Gasteiger partial charge in [0, 0.05) is 6.07 Å². The van der Waals surface area contributed by atoms with Crippen LogP contribution < -0.4 is 10.4 Å². The van der Waals surface area contributed by atoms with Crippen molar-refractivity contribution >= 4 is 6.08 Å². The second kappa shape index (κ2) is 5.07. The quantitative estimate of drug-likeness (QED) is 0.689. The normalized spacial score (nSPS) is 11.3. The maximum atomic E-state index is 11.0. The van der Waals surface area contributed by atoms with Crippen LogP contribution in [0.15, 0.2) is 39.6 Å². The zero-order valence-corrected chi connectivity index (χ0v) is 8.19. The summed E-state index contributed by atoms with van der Waals surface area (Å²) < 4.78 is 9.84. The Morgan fingerprint density at radius 1 is 1.36 bits per heavy atom. The Balaban J connectivity index is 2.97. The Labute approximate surface area is 82.3 Å². The summed E-state index contributed by atoms with van der Waals surface area (Å²) in [5.74, 6) is 0.980. The highest BCUT2D eigenvalue weighted by atomic mass is 16.5. The van der Waals surface area contributed by atoms with Crippen LogP contribution in [0.2, 0.25) is 0 Å². The van der Waals surface area contributed by atoms with Gasteiger partial charge < -0.3 is 9.15 Å². The van der Waals surface area contributed by atoms with Gasteiger partial charge in [-0.05, 0) is 13.0 Å². The average Bonchev–Trinajstić information content (AvgIpc) is 2.17. The molecule has 0 N–H and O–H groups in total. The first kappa shape index (κ1) is 10.3. The Morgan fingerprint density at radius 2 is 2.14 bits per heavy atom. The maximum Gasteiger partial charge on any atom is 0.339 e. The second-order valence-corrected chi connectivity index (χ2v) is 2.60. The van der Waals surface area contributed by atoms with Crippen LogP contribution in [0.5, 0.6) is 5.75 Å². The van der Waals surface area contributed by atoms with Crippen LogP contribution in [0.4, 0.5) is 0 Å². The third kappa shape index (κ3) is 2.94. The summed E-state index contributed by atoms with van der Waals surface area (Å²) in [4.78, 5) is 11.0. The zero-order chi connectivity index (χ0) is 10.4. The summed E-state index contributed by atoms with van der Waals surface area (Å²) in [5.41, 5.74) is -0.413. The Morgan fingerprint density at radius 3 is 2.79 bits per heavy atom. The van der Waals surface area contributed by atoms with Gasteiger partial charge in [0.2, 0.25) is 0 Å². The van der Waals surface area contributed by atoms with Gasteiger partial charge in [0.05, 0.1) is 13.2 Å². The molecule has 0 spiro atoms. The number of rotatable bonds is 3. The molecule has 1 aromatic rings. The summed E-state index contributed by atoms with van der Waals surface area (Å²) in [5, 5.41) is 0. The number of ether oxygens (including phenoxy) is 1. The third-order valence-electron chi connectivity index (χ3n) is 1.56. The minimum absolute atomic E-state index is 0.413. The molecule has 0 aromatic carbocycles. The summed E-state index contributed by atoms with van der Waals surface area (Å²) in [6.07, 6.45) is 7.22. The topological polar surface area (TPSA) is 39.4 Å². The molecule has 3 heteroatoms. The first-order chi connectivity index (χ1) is 6.76. The molecule has 0 aliphatic heterocycles. The van der Waals surface area contributed by atoms with Crippen LogP contribution in [0.1, 0.15) is 12.7 Å². The molecule has 1 heterocycles. The molecule has 1 aromatic heterocycles. The van der Waals surface area contributed by atoms with Crippen molar-refractivity contribution in [2.24, 2.45) is 0 Å². The van der Waals surface area contributed by atoms with Gasteiger partial charge >= 0.3 is 5.63 Å². The standard InChI is InChI=1S/C11H12O3/c1-3-4-5-6-9-7-10(13-2)8-11(12)14-9/h3-8H,1-2H3/b4-3+,6-5-. The fourth-order valence-corrected chi connectivity index (χ4v) is 0.935. The highest BCUT2D eigenvalue weighted by molar-refractivity contribution is 5.46. The van der Waals surface area contributed by atoms with E-state index in [2.05, 4.69) is 0 Å². The molecular weight excluding hydrogens is 180 g/mol. The number of hydrogen-bond acceptors (Lipinski definition) is 3. The average molecular weight is 192 g/mol. The van der Waals surface area contributed by atoms with Crippen LogP contribution in [0.25, 0.3) is 6.08 Å². The molecule has 0 radical (unpaired) electrons. The van der Waals surface area contributed by atoms with Crippen molar-refractivity contribution in [1.29, 1.82) is 0 Å². The lowest BCUT2D eigenvalue weighted by molar-refractivity contribution is 0.400. The lowest BCUT2D eigenvalue weighted by Gasteiger charge is -1.97. The number of hydrogen-bond donors (Lipinski definition) is 0. The van der Waals surface area contributed by atoms with Crippen LogP contribution in [-0.4, -0.2) is 7.11 Å². The Kier molecular flexibility index (Phi) is 3.73. The molecule has 1 rings (SSSR count). The van der Waals surface area contributed by atoms with Gasteiger partial charge in [-0.1, -0.05) is 18.2 Å². The summed E-state index contributed by atoms with van der Waals surface area (Å²) >= 11 is 0. The third-order valence-corrected chi connectivity index (χ3v) is 1.56. The van der Waals surface area contributed by atoms with Gasteiger partial charge in [-0.15, -0.1) is 0 Å². The van der Waals surface area contributed by atoms with E-state index in [0.29, 0.717) is 11.5 Å². The number of allylic oxidation sites excluding steroid dienone is 3. The lowest BCUT2D eigenvalue weighted by atomic mass is 10.3. The predicted molar refractivity (Wildman–Crippen MR) is 55.4 cm³/mol. The van der Waals surface area contributed by atoms with Crippen LogP contribution >= 0.6 is 0 Å². The minimum Gasteiger partial charge on any atom is -0.496 e. The maximum absolute atomic E-state index is 11.0. The number of methoxy groups -OCH3 is 1. The van der Waals surface area contributed by atoms with E-state index in [1.54, 1.807) is 18.2 Å². The Hall–Kier alpha value is -1.77. The fourth-order valence-electron chi connectivity index (χ4n) is 0.935. The second-order valence-electron chi connectivity index (χ2n) is 2.60. The van der Waals surface area contributed by atoms with Crippen molar-refractivity contribution in [2.45, 2.75) is 6.92 Å². The van der Waals surface area contributed by atoms with E-state index < -0.39 is 5.63 Å². The molecule has 0 saturated carbocycles. The van der Waals surface area contributed by atoms with Gasteiger partial charge in [-0.3, -0.25) is 0 Å². The van der Waals surface area contributed by atoms with Gasteiger partial charge in [0.1, 0.15) is 11.5 Å². The smallest absolute Gasteiger partial charge is 0.339 e. The van der Waals surface area contributed by atoms with E-state index in [4.69, 9.17) is 9.15 Å². The fraction of sp³-hybridized carbons (Fsp3) is 0.182. The minimum atomic E-state index is -0.413. The van der Waals surface area contributed by atoms with E-state index in [1.807, 2.05) is 19.1 Å². The first-order valence-corrected chi connectivity index (χ1v) is 4.25. The van der Waals surface area contributed by atoms with Crippen LogP contribution in [0, 0.1) is 0 Å². The van der Waals surface area contributed by atoms with Crippen molar-refractivity contribution < 1.29 is 9.15 Å². The Bertz CT molecular complexity index is 399. The molecule has 0 aliphatic carbocycles. The van der Waals surface area contributed by atoms with Gasteiger partial charge in [0.15, 0.2) is 0 Å². The van der Waals surface area contributed by atoms with Crippen molar-refractivity contribution in [2.75, 3.05) is 7.11 Å². The van der Waals surface area contributed by atoms with E-state index in [-0.39, 0.29) is 0 Å². The molecule has 0 aliphatic rings. The SMILES string of the molecule is C/C=C/C=C\c1cc(OC)cc(=O)o1. The molecule has 14 heavy (non-hydrogen) atoms. The van der Waals surface area contributed by atoms with Crippen molar-refractivity contribution in [1.82, 2.24) is 0 Å². The van der Waals surface area contributed by atoms with Gasteiger partial charge in [-0.2, -0.15) is 0 Å². The van der Waals surface area contributed by atoms with E-state index in [1.165, 1.54) is 13.2 Å². The van der Waals surface area contributed by atoms with Crippen LogP contribution in [-0.2, 0) is 0 Å². The lowest BCUT2D eigenvalue weighted by Crippen LogP contribution is -1.98. The van der Waals surface area contributed by atoms with Crippen molar-refractivity contribution in [3.8, 4) is 5.75 Å². The molecule has 0 amide bonds. The van der Waals surface area contributed by atoms with Gasteiger partial charge in [-0.25, -0.2) is 4.79 Å². The van der Waals surface area contributed by atoms with Crippen molar-refractivity contribution in [3.05, 3.63) is 46.5 Å². The molecule has 0 bridgehead atoms. The molecule has 0 atom stereocenters. The zero-order valence-electron chi connectivity index (χ0n) is 8.19. The molecule has 3 nitrogen and oxygen atoms in total. The monoisotopic (exact) mass is 192 g/mol. The molecule has 74 valence electrons. The highest BCUT2D eigenvalue weighted by Gasteiger charge is 1.97. The first-order valence-electron chi connectivity index (χ1n) is 4.25. The largest absolute Gasteiger partial charge is 0.496 e. The molecule has 0 unspecified atom stereocenters. The summed E-state index contributed by atoms with van der Waals surface area (Å²) in [7, 11) is 1.51.